The highest BCUT2D eigenvalue weighted by atomic mass is 16.7. The summed E-state index contributed by atoms with van der Waals surface area (Å²) in [5.74, 6) is -1.68. The van der Waals surface area contributed by atoms with Crippen LogP contribution in [0.4, 0.5) is 0 Å². The van der Waals surface area contributed by atoms with Gasteiger partial charge in [0.05, 0.1) is 12.2 Å². The molecule has 2 aromatic carbocycles. The van der Waals surface area contributed by atoms with Gasteiger partial charge in [0.2, 0.25) is 5.78 Å². The van der Waals surface area contributed by atoms with E-state index in [9.17, 15) is 9.90 Å². The Balaban J connectivity index is 1.93. The lowest BCUT2D eigenvalue weighted by molar-refractivity contribution is -0.205. The molecule has 0 fully saturated rings. The Morgan fingerprint density at radius 3 is 2.65 bits per heavy atom. The fourth-order valence-electron chi connectivity index (χ4n) is 2.86. The number of benzene rings is 2. The molecule has 1 aliphatic rings. The highest BCUT2D eigenvalue weighted by Gasteiger charge is 2.52. The number of ether oxygens (including phenoxy) is 3. The van der Waals surface area contributed by atoms with Crippen LogP contribution in [0.25, 0.3) is 0 Å². The summed E-state index contributed by atoms with van der Waals surface area (Å²) in [5, 5.41) is 10.8. The van der Waals surface area contributed by atoms with Crippen LogP contribution in [-0.4, -0.2) is 30.4 Å². The lowest BCUT2D eigenvalue weighted by Gasteiger charge is -2.38. The zero-order valence-corrected chi connectivity index (χ0v) is 14.9. The number of carbonyl (C=O) groups excluding carboxylic acids is 1. The van der Waals surface area contributed by atoms with E-state index in [1.807, 2.05) is 25.1 Å². The maximum absolute atomic E-state index is 12.9. The van der Waals surface area contributed by atoms with Crippen LogP contribution in [0.1, 0.15) is 35.4 Å². The zero-order valence-electron chi connectivity index (χ0n) is 14.9. The first-order chi connectivity index (χ1) is 12.5. The van der Waals surface area contributed by atoms with Gasteiger partial charge in [-0.05, 0) is 24.6 Å². The summed E-state index contributed by atoms with van der Waals surface area (Å²) < 4.78 is 16.8. The number of rotatable bonds is 6. The van der Waals surface area contributed by atoms with Crippen molar-refractivity contribution in [1.29, 1.82) is 0 Å². The smallest absolute Gasteiger partial charge is 0.273 e. The lowest BCUT2D eigenvalue weighted by atomic mass is 9.90. The summed E-state index contributed by atoms with van der Waals surface area (Å²) in [4.78, 5) is 12.9. The van der Waals surface area contributed by atoms with Gasteiger partial charge in [-0.2, -0.15) is 0 Å². The van der Waals surface area contributed by atoms with Crippen LogP contribution in [0.5, 0.6) is 11.5 Å². The maximum Gasteiger partial charge on any atom is 0.273 e. The zero-order chi connectivity index (χ0) is 18.7. The van der Waals surface area contributed by atoms with E-state index >= 15 is 0 Å². The van der Waals surface area contributed by atoms with Crippen molar-refractivity contribution in [3.05, 3.63) is 71.8 Å². The average molecular weight is 354 g/mol. The van der Waals surface area contributed by atoms with E-state index in [0.29, 0.717) is 23.7 Å². The van der Waals surface area contributed by atoms with Gasteiger partial charge in [0.25, 0.3) is 5.79 Å². The van der Waals surface area contributed by atoms with E-state index < -0.39 is 17.7 Å². The topological polar surface area (TPSA) is 65.0 Å². The number of methoxy groups -OCH3 is 1. The Labute approximate surface area is 152 Å². The third kappa shape index (κ3) is 3.36. The van der Waals surface area contributed by atoms with Crippen molar-refractivity contribution >= 4 is 5.78 Å². The number of Topliss-reactive ketones (excluding diaryl/α,β-unsaturated/α-hetero) is 1. The molecular formula is C21H22O5. The first-order valence-corrected chi connectivity index (χ1v) is 8.41. The van der Waals surface area contributed by atoms with Gasteiger partial charge in [-0.25, -0.2) is 0 Å². The monoisotopic (exact) mass is 354 g/mol. The largest absolute Gasteiger partial charge is 0.493 e. The summed E-state index contributed by atoms with van der Waals surface area (Å²) in [5.41, 5.74) is 1.93. The molecule has 0 radical (unpaired) electrons. The van der Waals surface area contributed by atoms with E-state index in [2.05, 4.69) is 6.58 Å². The quantitative estimate of drug-likeness (QED) is 0.633. The molecule has 0 spiro atoms. The van der Waals surface area contributed by atoms with Gasteiger partial charge in [-0.15, -0.1) is 6.58 Å². The van der Waals surface area contributed by atoms with E-state index in [-0.39, 0.29) is 5.56 Å². The third-order valence-corrected chi connectivity index (χ3v) is 4.33. The molecule has 2 atom stereocenters. The number of carbonyl (C=O) groups is 1. The molecule has 1 heterocycles. The Bertz CT molecular complexity index is 814. The summed E-state index contributed by atoms with van der Waals surface area (Å²) in [6, 6.07) is 14.0. The van der Waals surface area contributed by atoms with Crippen molar-refractivity contribution in [1.82, 2.24) is 0 Å². The van der Waals surface area contributed by atoms with Crippen molar-refractivity contribution in [2.24, 2.45) is 0 Å². The fourth-order valence-corrected chi connectivity index (χ4v) is 2.86. The Morgan fingerprint density at radius 2 is 2.00 bits per heavy atom. The average Bonchev–Trinajstić information content (AvgIpc) is 2.65. The first-order valence-electron chi connectivity index (χ1n) is 8.41. The first kappa shape index (κ1) is 18.2. The lowest BCUT2D eigenvalue weighted by Crippen LogP contribution is -2.51. The third-order valence-electron chi connectivity index (χ3n) is 4.33. The minimum Gasteiger partial charge on any atom is -0.493 e. The summed E-state index contributed by atoms with van der Waals surface area (Å²) >= 11 is 0. The second-order valence-electron chi connectivity index (χ2n) is 6.35. The van der Waals surface area contributed by atoms with Gasteiger partial charge in [0.1, 0.15) is 11.5 Å². The molecule has 1 aliphatic heterocycles. The molecule has 0 saturated heterocycles. The second-order valence-corrected chi connectivity index (χ2v) is 6.35. The fraction of sp³-hybridized carbons (Fsp3) is 0.286. The van der Waals surface area contributed by atoms with Crippen LogP contribution in [0, 0.1) is 0 Å². The predicted molar refractivity (Wildman–Crippen MR) is 97.5 cm³/mol. The van der Waals surface area contributed by atoms with E-state index in [1.165, 1.54) is 7.11 Å². The van der Waals surface area contributed by atoms with E-state index in [0.717, 1.165) is 12.0 Å². The molecule has 0 saturated carbocycles. The summed E-state index contributed by atoms with van der Waals surface area (Å²) in [6.07, 6.45) is -0.230. The SMILES string of the molecule is C=C(C)CCOc1ccc2c(c1)OC(c1ccccc1)C(O)(OC)C2=O. The molecule has 0 aromatic heterocycles. The minimum atomic E-state index is -2.09. The van der Waals surface area contributed by atoms with Crippen LogP contribution in [0.2, 0.25) is 0 Å². The van der Waals surface area contributed by atoms with E-state index in [1.54, 1.807) is 30.3 Å². The predicted octanol–water partition coefficient (Wildman–Crippen LogP) is 3.68. The molecule has 0 aliphatic carbocycles. The van der Waals surface area contributed by atoms with Gasteiger partial charge < -0.3 is 19.3 Å². The molecule has 26 heavy (non-hydrogen) atoms. The van der Waals surface area contributed by atoms with Gasteiger partial charge in [-0.1, -0.05) is 35.9 Å². The molecule has 2 aromatic rings. The van der Waals surface area contributed by atoms with E-state index in [4.69, 9.17) is 14.2 Å². The molecule has 1 N–H and O–H groups in total. The molecule has 0 bridgehead atoms. The Kier molecular flexibility index (Phi) is 5.11. The number of hydrogen-bond donors (Lipinski definition) is 1. The van der Waals surface area contributed by atoms with Crippen molar-refractivity contribution in [3.63, 3.8) is 0 Å². The molecule has 0 amide bonds. The van der Waals surface area contributed by atoms with Crippen molar-refractivity contribution in [3.8, 4) is 11.5 Å². The molecule has 2 unspecified atom stereocenters. The standard InChI is InChI=1S/C21H22O5/c1-14(2)11-12-25-16-9-10-17-18(13-16)26-20(15-7-5-4-6-8-15)21(23,24-3)19(17)22/h4-10,13,20,23H,1,11-12H2,2-3H3. The number of aliphatic hydroxyl groups is 1. The van der Waals surface area contributed by atoms with Gasteiger partial charge >= 0.3 is 0 Å². The number of fused-ring (bicyclic) bond motifs is 1. The summed E-state index contributed by atoms with van der Waals surface area (Å²) in [7, 11) is 1.29. The van der Waals surface area contributed by atoms with Crippen LogP contribution >= 0.6 is 0 Å². The molecule has 3 rings (SSSR count). The van der Waals surface area contributed by atoms with Crippen LogP contribution in [-0.2, 0) is 4.74 Å². The Morgan fingerprint density at radius 1 is 1.27 bits per heavy atom. The maximum atomic E-state index is 12.9. The summed E-state index contributed by atoms with van der Waals surface area (Å²) in [6.45, 7) is 6.28. The number of hydrogen-bond acceptors (Lipinski definition) is 5. The molecule has 136 valence electrons. The minimum absolute atomic E-state index is 0.258. The normalized spacial score (nSPS) is 21.7. The van der Waals surface area contributed by atoms with Crippen molar-refractivity contribution < 1.29 is 24.1 Å². The van der Waals surface area contributed by atoms with Crippen LogP contribution in [0.3, 0.4) is 0 Å². The number of ketones is 1. The van der Waals surface area contributed by atoms with Gasteiger partial charge in [0.15, 0.2) is 6.10 Å². The highest BCUT2D eigenvalue weighted by molar-refractivity contribution is 6.05. The second kappa shape index (κ2) is 7.32. The molecule has 5 nitrogen and oxygen atoms in total. The van der Waals surface area contributed by atoms with Crippen LogP contribution < -0.4 is 9.47 Å². The Hall–Kier alpha value is -2.63. The van der Waals surface area contributed by atoms with Gasteiger partial charge in [0, 0.05) is 19.6 Å². The molecular weight excluding hydrogens is 332 g/mol. The van der Waals surface area contributed by atoms with Crippen LogP contribution in [0.15, 0.2) is 60.7 Å². The van der Waals surface area contributed by atoms with Gasteiger partial charge in [-0.3, -0.25) is 4.79 Å². The molecule has 5 heteroatoms. The van der Waals surface area contributed by atoms with Crippen molar-refractivity contribution in [2.75, 3.05) is 13.7 Å². The highest BCUT2D eigenvalue weighted by Crippen LogP contribution is 2.42. The van der Waals surface area contributed by atoms with Crippen molar-refractivity contribution in [2.45, 2.75) is 25.2 Å².